The molecule has 7 nitrogen and oxygen atoms in total. The first kappa shape index (κ1) is 22.3. The van der Waals surface area contributed by atoms with Gasteiger partial charge in [-0.05, 0) is 62.1 Å². The average molecular weight is 445 g/mol. The van der Waals surface area contributed by atoms with Gasteiger partial charge in [-0.1, -0.05) is 37.3 Å². The van der Waals surface area contributed by atoms with E-state index in [-0.39, 0.29) is 12.5 Å². The van der Waals surface area contributed by atoms with E-state index < -0.39 is 11.2 Å². The summed E-state index contributed by atoms with van der Waals surface area (Å²) in [5, 5.41) is 2.98. The van der Waals surface area contributed by atoms with E-state index >= 15 is 0 Å². The quantitative estimate of drug-likeness (QED) is 0.511. The van der Waals surface area contributed by atoms with Crippen LogP contribution in [-0.4, -0.2) is 19.6 Å². The summed E-state index contributed by atoms with van der Waals surface area (Å²) < 4.78 is 4.28. The van der Waals surface area contributed by atoms with E-state index in [4.69, 9.17) is 0 Å². The molecule has 0 saturated heterocycles. The molecule has 0 saturated carbocycles. The van der Waals surface area contributed by atoms with Crippen LogP contribution in [0, 0.1) is 20.8 Å². The van der Waals surface area contributed by atoms with Crippen LogP contribution in [0.2, 0.25) is 0 Å². The Morgan fingerprint density at radius 3 is 2.42 bits per heavy atom. The van der Waals surface area contributed by atoms with Gasteiger partial charge in [-0.15, -0.1) is 0 Å². The summed E-state index contributed by atoms with van der Waals surface area (Å²) in [7, 11) is 1.79. The molecular weight excluding hydrogens is 416 g/mol. The van der Waals surface area contributed by atoms with E-state index in [9.17, 15) is 14.4 Å². The lowest BCUT2D eigenvalue weighted by Gasteiger charge is -2.15. The second-order valence-corrected chi connectivity index (χ2v) is 8.44. The van der Waals surface area contributed by atoms with Crippen molar-refractivity contribution in [3.05, 3.63) is 91.8 Å². The van der Waals surface area contributed by atoms with Crippen molar-refractivity contribution < 1.29 is 4.79 Å². The van der Waals surface area contributed by atoms with Crippen molar-refractivity contribution in [2.24, 2.45) is 7.05 Å². The molecule has 1 N–H and O–H groups in total. The predicted molar refractivity (Wildman–Crippen MR) is 131 cm³/mol. The number of aryl methyl sites for hydroxylation is 5. The number of nitrogens with one attached hydrogen (secondary N) is 1. The van der Waals surface area contributed by atoms with Crippen LogP contribution in [0.1, 0.15) is 29.3 Å². The van der Waals surface area contributed by atoms with Crippen molar-refractivity contribution in [3.8, 4) is 5.69 Å². The zero-order valence-corrected chi connectivity index (χ0v) is 19.6. The molecule has 2 aromatic heterocycles. The fraction of sp³-hybridized carbons (Fsp3) is 0.269. The molecule has 0 bridgehead atoms. The summed E-state index contributed by atoms with van der Waals surface area (Å²) in [6.45, 7) is 7.54. The van der Waals surface area contributed by atoms with Gasteiger partial charge in [-0.2, -0.15) is 0 Å². The number of nitrogens with zero attached hydrogens (tertiary/aromatic N) is 3. The standard InChI is InChI=1S/C26H28N4O3/c1-6-19-11-8-10-17(3)23(19)27-22(31)15-29-21-14-18(4)28(5)24(21)25(32)30(26(29)33)20-12-7-9-16(2)13-20/h7-14H,6,15H2,1-5H3,(H,27,31). The molecule has 0 aliphatic heterocycles. The first-order valence-corrected chi connectivity index (χ1v) is 11.0. The molecule has 0 atom stereocenters. The number of rotatable bonds is 5. The summed E-state index contributed by atoms with van der Waals surface area (Å²) in [6.07, 6.45) is 0.775. The summed E-state index contributed by atoms with van der Waals surface area (Å²) >= 11 is 0. The fourth-order valence-corrected chi connectivity index (χ4v) is 4.26. The molecule has 2 heterocycles. The second kappa shape index (κ2) is 8.58. The average Bonchev–Trinajstić information content (AvgIpc) is 3.07. The van der Waals surface area contributed by atoms with Gasteiger partial charge >= 0.3 is 5.69 Å². The van der Waals surface area contributed by atoms with Crippen LogP contribution in [0.15, 0.2) is 58.1 Å². The van der Waals surface area contributed by atoms with Crippen LogP contribution in [0.5, 0.6) is 0 Å². The monoisotopic (exact) mass is 444 g/mol. The number of amides is 1. The highest BCUT2D eigenvalue weighted by atomic mass is 16.2. The van der Waals surface area contributed by atoms with E-state index in [1.165, 1.54) is 4.57 Å². The highest BCUT2D eigenvalue weighted by Crippen LogP contribution is 2.21. The number of carbonyl (C=O) groups excluding carboxylic acids is 1. The maximum atomic E-state index is 13.6. The van der Waals surface area contributed by atoms with Crippen molar-refractivity contribution in [2.45, 2.75) is 40.7 Å². The van der Waals surface area contributed by atoms with Gasteiger partial charge in [0.15, 0.2) is 0 Å². The number of benzene rings is 2. The molecular formula is C26H28N4O3. The minimum absolute atomic E-state index is 0.206. The van der Waals surface area contributed by atoms with E-state index in [0.29, 0.717) is 16.7 Å². The van der Waals surface area contributed by atoms with Crippen LogP contribution < -0.4 is 16.6 Å². The molecule has 0 unspecified atom stereocenters. The van der Waals surface area contributed by atoms with Crippen LogP contribution in [-0.2, 0) is 24.8 Å². The molecule has 4 rings (SSSR count). The normalized spacial score (nSPS) is 11.2. The van der Waals surface area contributed by atoms with Gasteiger partial charge in [0.2, 0.25) is 5.91 Å². The van der Waals surface area contributed by atoms with E-state index in [1.807, 2.05) is 52.0 Å². The Morgan fingerprint density at radius 1 is 1.00 bits per heavy atom. The van der Waals surface area contributed by atoms with Crippen LogP contribution in [0.3, 0.4) is 0 Å². The third kappa shape index (κ3) is 3.91. The Labute approximate surface area is 191 Å². The highest BCUT2D eigenvalue weighted by molar-refractivity contribution is 5.93. The summed E-state index contributed by atoms with van der Waals surface area (Å²) in [4.78, 5) is 40.0. The summed E-state index contributed by atoms with van der Waals surface area (Å²) in [6, 6.07) is 14.9. The minimum Gasteiger partial charge on any atom is -0.342 e. The largest absolute Gasteiger partial charge is 0.342 e. The molecule has 0 aliphatic carbocycles. The molecule has 33 heavy (non-hydrogen) atoms. The lowest BCUT2D eigenvalue weighted by Crippen LogP contribution is -2.41. The molecule has 1 amide bonds. The highest BCUT2D eigenvalue weighted by Gasteiger charge is 2.20. The molecule has 0 radical (unpaired) electrons. The van der Waals surface area contributed by atoms with Crippen molar-refractivity contribution in [3.63, 3.8) is 0 Å². The molecule has 170 valence electrons. The Hall–Kier alpha value is -3.87. The van der Waals surface area contributed by atoms with Crippen molar-refractivity contribution in [2.75, 3.05) is 5.32 Å². The SMILES string of the molecule is CCc1cccc(C)c1NC(=O)Cn1c(=O)n(-c2cccc(C)c2)c(=O)c2c1cc(C)n2C. The summed E-state index contributed by atoms with van der Waals surface area (Å²) in [5.41, 5.74) is 4.87. The van der Waals surface area contributed by atoms with Gasteiger partial charge < -0.3 is 9.88 Å². The fourth-order valence-electron chi connectivity index (χ4n) is 4.26. The Morgan fingerprint density at radius 2 is 1.73 bits per heavy atom. The number of aromatic nitrogens is 3. The first-order chi connectivity index (χ1) is 15.7. The molecule has 2 aromatic carbocycles. The molecule has 4 aromatic rings. The molecule has 0 aliphatic rings. The van der Waals surface area contributed by atoms with Crippen molar-refractivity contribution >= 4 is 22.6 Å². The van der Waals surface area contributed by atoms with Gasteiger partial charge in [0.1, 0.15) is 12.1 Å². The Balaban J connectivity index is 1.88. The smallest absolute Gasteiger partial charge is 0.336 e. The number of anilines is 1. The zero-order valence-electron chi connectivity index (χ0n) is 19.6. The number of fused-ring (bicyclic) bond motifs is 1. The van der Waals surface area contributed by atoms with Crippen LogP contribution >= 0.6 is 0 Å². The van der Waals surface area contributed by atoms with E-state index in [0.717, 1.165) is 39.1 Å². The number of hydrogen-bond donors (Lipinski definition) is 1. The maximum absolute atomic E-state index is 13.6. The predicted octanol–water partition coefficient (Wildman–Crippen LogP) is 3.62. The number of para-hydroxylation sites is 1. The van der Waals surface area contributed by atoms with Gasteiger partial charge in [-0.25, -0.2) is 9.36 Å². The Bertz CT molecular complexity index is 1500. The van der Waals surface area contributed by atoms with E-state index in [2.05, 4.69) is 5.32 Å². The third-order valence-electron chi connectivity index (χ3n) is 6.14. The number of carbonyl (C=O) groups is 1. The lowest BCUT2D eigenvalue weighted by atomic mass is 10.1. The molecule has 0 fully saturated rings. The number of hydrogen-bond acceptors (Lipinski definition) is 3. The third-order valence-corrected chi connectivity index (χ3v) is 6.14. The van der Waals surface area contributed by atoms with Crippen molar-refractivity contribution in [1.82, 2.24) is 13.7 Å². The molecule has 7 heteroatoms. The minimum atomic E-state index is -0.542. The van der Waals surface area contributed by atoms with Crippen LogP contribution in [0.4, 0.5) is 5.69 Å². The topological polar surface area (TPSA) is 78.0 Å². The first-order valence-electron chi connectivity index (χ1n) is 11.0. The maximum Gasteiger partial charge on any atom is 0.336 e. The molecule has 0 spiro atoms. The van der Waals surface area contributed by atoms with Gasteiger partial charge in [-0.3, -0.25) is 14.2 Å². The van der Waals surface area contributed by atoms with Crippen molar-refractivity contribution in [1.29, 1.82) is 0 Å². The summed E-state index contributed by atoms with van der Waals surface area (Å²) in [5.74, 6) is -0.321. The lowest BCUT2D eigenvalue weighted by molar-refractivity contribution is -0.116. The van der Waals surface area contributed by atoms with Crippen LogP contribution in [0.25, 0.3) is 16.7 Å². The Kier molecular flexibility index (Phi) is 5.80. The second-order valence-electron chi connectivity index (χ2n) is 8.44. The van der Waals surface area contributed by atoms with Gasteiger partial charge in [0.25, 0.3) is 5.56 Å². The zero-order chi connectivity index (χ0) is 23.9. The van der Waals surface area contributed by atoms with Gasteiger partial charge in [0.05, 0.1) is 11.2 Å². The van der Waals surface area contributed by atoms with E-state index in [1.54, 1.807) is 35.9 Å². The van der Waals surface area contributed by atoms with Gasteiger partial charge in [0, 0.05) is 18.4 Å².